The summed E-state index contributed by atoms with van der Waals surface area (Å²) in [5, 5.41) is 21.1. The quantitative estimate of drug-likeness (QED) is 0.705. The molecule has 140 valence electrons. The average Bonchev–Trinajstić information content (AvgIpc) is 3.13. The predicted octanol–water partition coefficient (Wildman–Crippen LogP) is 3.81. The van der Waals surface area contributed by atoms with Crippen molar-refractivity contribution in [3.8, 4) is 5.75 Å². The summed E-state index contributed by atoms with van der Waals surface area (Å²) >= 11 is 7.61. The number of hydrogen-bond acceptors (Lipinski definition) is 6. The maximum Gasteiger partial charge on any atom is 0.208 e. The first kappa shape index (κ1) is 18.2. The summed E-state index contributed by atoms with van der Waals surface area (Å²) in [5.41, 5.74) is 2.34. The number of rotatable bonds is 5. The Morgan fingerprint density at radius 3 is 2.48 bits per heavy atom. The van der Waals surface area contributed by atoms with Crippen LogP contribution in [0.4, 0.5) is 5.13 Å². The van der Waals surface area contributed by atoms with Crippen molar-refractivity contribution in [2.75, 3.05) is 31.1 Å². The average molecular weight is 401 g/mol. The number of piperazine rings is 1. The van der Waals surface area contributed by atoms with Gasteiger partial charge in [0.05, 0.1) is 0 Å². The molecule has 1 saturated heterocycles. The minimum absolute atomic E-state index is 0.327. The zero-order chi connectivity index (χ0) is 18.6. The molecule has 27 heavy (non-hydrogen) atoms. The van der Waals surface area contributed by atoms with Crippen LogP contribution in [0.25, 0.3) is 0 Å². The largest absolute Gasteiger partial charge is 0.508 e. The highest BCUT2D eigenvalue weighted by Crippen LogP contribution is 2.24. The Morgan fingerprint density at radius 1 is 0.963 bits per heavy atom. The van der Waals surface area contributed by atoms with Crippen LogP contribution in [0.15, 0.2) is 48.5 Å². The third kappa shape index (κ3) is 4.77. The summed E-state index contributed by atoms with van der Waals surface area (Å²) in [6, 6.07) is 15.4. The van der Waals surface area contributed by atoms with Crippen molar-refractivity contribution in [2.45, 2.75) is 13.0 Å². The van der Waals surface area contributed by atoms with Gasteiger partial charge >= 0.3 is 0 Å². The van der Waals surface area contributed by atoms with Gasteiger partial charge in [-0.2, -0.15) is 0 Å². The molecule has 0 unspecified atom stereocenters. The smallest absolute Gasteiger partial charge is 0.208 e. The lowest BCUT2D eigenvalue weighted by atomic mass is 10.2. The highest BCUT2D eigenvalue weighted by molar-refractivity contribution is 7.15. The fourth-order valence-electron chi connectivity index (χ4n) is 3.23. The molecule has 0 atom stereocenters. The van der Waals surface area contributed by atoms with Crippen LogP contribution in [0, 0.1) is 0 Å². The zero-order valence-corrected chi connectivity index (χ0v) is 16.5. The van der Waals surface area contributed by atoms with Gasteiger partial charge in [-0.05, 0) is 35.4 Å². The Labute approximate surface area is 167 Å². The van der Waals surface area contributed by atoms with Crippen molar-refractivity contribution in [3.63, 3.8) is 0 Å². The molecular formula is C20H21ClN4OS. The summed E-state index contributed by atoms with van der Waals surface area (Å²) in [4.78, 5) is 4.71. The van der Waals surface area contributed by atoms with Crippen molar-refractivity contribution in [1.82, 2.24) is 15.1 Å². The molecule has 7 heteroatoms. The van der Waals surface area contributed by atoms with E-state index >= 15 is 0 Å². The minimum Gasteiger partial charge on any atom is -0.508 e. The molecule has 0 bridgehead atoms. The van der Waals surface area contributed by atoms with E-state index in [1.165, 1.54) is 5.56 Å². The highest BCUT2D eigenvalue weighted by atomic mass is 35.5. The maximum atomic E-state index is 9.61. The van der Waals surface area contributed by atoms with Gasteiger partial charge in [0.25, 0.3) is 0 Å². The Balaban J connectivity index is 1.32. The van der Waals surface area contributed by atoms with E-state index < -0.39 is 0 Å². The molecule has 0 radical (unpaired) electrons. The number of nitrogens with zero attached hydrogens (tertiary/aromatic N) is 4. The molecule has 1 aromatic heterocycles. The summed E-state index contributed by atoms with van der Waals surface area (Å²) in [6.07, 6.45) is 0.784. The minimum atomic E-state index is 0.327. The first-order valence-corrected chi connectivity index (χ1v) is 10.2. The second-order valence-corrected chi connectivity index (χ2v) is 8.19. The van der Waals surface area contributed by atoms with Gasteiger partial charge < -0.3 is 10.0 Å². The van der Waals surface area contributed by atoms with Crippen LogP contribution < -0.4 is 4.90 Å². The van der Waals surface area contributed by atoms with Gasteiger partial charge in [0.2, 0.25) is 5.13 Å². The van der Waals surface area contributed by atoms with E-state index in [-0.39, 0.29) is 0 Å². The van der Waals surface area contributed by atoms with Crippen molar-refractivity contribution in [3.05, 3.63) is 69.7 Å². The van der Waals surface area contributed by atoms with Crippen LogP contribution in [-0.4, -0.2) is 46.4 Å². The van der Waals surface area contributed by atoms with Gasteiger partial charge in [-0.1, -0.05) is 47.2 Å². The lowest BCUT2D eigenvalue weighted by molar-refractivity contribution is 0.249. The van der Waals surface area contributed by atoms with Gasteiger partial charge in [0.1, 0.15) is 10.8 Å². The molecule has 0 aliphatic carbocycles. The number of phenols is 1. The van der Waals surface area contributed by atoms with E-state index in [4.69, 9.17) is 11.6 Å². The van der Waals surface area contributed by atoms with Crippen molar-refractivity contribution >= 4 is 28.1 Å². The number of benzene rings is 2. The molecular weight excluding hydrogens is 380 g/mol. The first-order valence-electron chi connectivity index (χ1n) is 8.98. The number of hydrogen-bond donors (Lipinski definition) is 1. The molecule has 0 saturated carbocycles. The highest BCUT2D eigenvalue weighted by Gasteiger charge is 2.20. The Bertz CT molecular complexity index is 891. The third-order valence-electron chi connectivity index (χ3n) is 4.68. The monoisotopic (exact) mass is 400 g/mol. The van der Waals surface area contributed by atoms with Crippen LogP contribution >= 0.6 is 22.9 Å². The lowest BCUT2D eigenvalue weighted by Crippen LogP contribution is -2.45. The molecule has 2 heterocycles. The van der Waals surface area contributed by atoms with Gasteiger partial charge in [-0.25, -0.2) is 0 Å². The predicted molar refractivity (Wildman–Crippen MR) is 110 cm³/mol. The maximum absolute atomic E-state index is 9.61. The van der Waals surface area contributed by atoms with E-state index in [1.54, 1.807) is 17.4 Å². The topological polar surface area (TPSA) is 52.5 Å². The van der Waals surface area contributed by atoms with E-state index in [9.17, 15) is 5.11 Å². The third-order valence-corrected chi connectivity index (χ3v) is 5.92. The zero-order valence-electron chi connectivity index (χ0n) is 14.9. The number of anilines is 1. The molecule has 1 fully saturated rings. The molecule has 3 aromatic rings. The molecule has 2 aromatic carbocycles. The number of aromatic nitrogens is 2. The van der Waals surface area contributed by atoms with Gasteiger partial charge in [0, 0.05) is 44.2 Å². The van der Waals surface area contributed by atoms with Crippen LogP contribution in [0.5, 0.6) is 5.75 Å². The van der Waals surface area contributed by atoms with Gasteiger partial charge in [-0.15, -0.1) is 10.2 Å². The second-order valence-electron chi connectivity index (χ2n) is 6.71. The van der Waals surface area contributed by atoms with E-state index in [2.05, 4.69) is 26.1 Å². The number of halogens is 1. The van der Waals surface area contributed by atoms with Gasteiger partial charge in [0.15, 0.2) is 0 Å². The summed E-state index contributed by atoms with van der Waals surface area (Å²) in [5.74, 6) is 0.327. The van der Waals surface area contributed by atoms with Crippen LogP contribution in [0.2, 0.25) is 5.02 Å². The fraction of sp³-hybridized carbons (Fsp3) is 0.300. The lowest BCUT2D eigenvalue weighted by Gasteiger charge is -2.34. The summed E-state index contributed by atoms with van der Waals surface area (Å²) in [7, 11) is 0. The molecule has 1 aliphatic heterocycles. The first-order chi connectivity index (χ1) is 13.2. The van der Waals surface area contributed by atoms with Crippen LogP contribution in [0.3, 0.4) is 0 Å². The Morgan fingerprint density at radius 2 is 1.74 bits per heavy atom. The summed E-state index contributed by atoms with van der Waals surface area (Å²) in [6.45, 7) is 4.69. The molecule has 5 nitrogen and oxygen atoms in total. The van der Waals surface area contributed by atoms with E-state index in [1.807, 2.05) is 36.4 Å². The van der Waals surface area contributed by atoms with Crippen molar-refractivity contribution < 1.29 is 5.11 Å². The van der Waals surface area contributed by atoms with E-state index in [0.29, 0.717) is 5.75 Å². The number of aromatic hydroxyl groups is 1. The van der Waals surface area contributed by atoms with Crippen LogP contribution in [0.1, 0.15) is 16.1 Å². The fourth-order valence-corrected chi connectivity index (χ4v) is 4.28. The van der Waals surface area contributed by atoms with Gasteiger partial charge in [-0.3, -0.25) is 4.90 Å². The second kappa shape index (κ2) is 8.25. The standard InChI is InChI=1S/C20H21ClN4OS/c21-17-6-4-15(5-7-17)13-19-22-23-20(27-19)25-10-8-24(9-11-25)14-16-2-1-3-18(26)12-16/h1-7,12,26H,8-11,13-14H2. The normalized spacial score (nSPS) is 15.2. The number of phenolic OH excluding ortho intramolecular Hbond substituents is 1. The molecule has 4 rings (SSSR count). The Kier molecular flexibility index (Phi) is 5.57. The van der Waals surface area contributed by atoms with Crippen LogP contribution in [-0.2, 0) is 13.0 Å². The Hall–Kier alpha value is -2.15. The molecule has 1 N–H and O–H groups in total. The molecule has 0 amide bonds. The van der Waals surface area contributed by atoms with Crippen molar-refractivity contribution in [2.24, 2.45) is 0 Å². The molecule has 1 aliphatic rings. The molecule has 0 spiro atoms. The SMILES string of the molecule is Oc1cccc(CN2CCN(c3nnc(Cc4ccc(Cl)cc4)s3)CC2)c1. The van der Waals surface area contributed by atoms with Crippen molar-refractivity contribution in [1.29, 1.82) is 0 Å². The summed E-state index contributed by atoms with van der Waals surface area (Å²) < 4.78 is 0. The van der Waals surface area contributed by atoms with E-state index in [0.717, 1.165) is 59.9 Å².